The maximum Gasteiger partial charge on any atom is 0.267 e. The Kier molecular flexibility index (Phi) is 6.16. The summed E-state index contributed by atoms with van der Waals surface area (Å²) in [6, 6.07) is 20.7. The van der Waals surface area contributed by atoms with Crippen molar-refractivity contribution < 1.29 is 22.7 Å². The van der Waals surface area contributed by atoms with E-state index >= 15 is 0 Å². The molecule has 3 aromatic carbocycles. The first-order valence-corrected chi connectivity index (χ1v) is 11.6. The molecule has 1 aliphatic heterocycles. The Morgan fingerprint density at radius 3 is 2.59 bits per heavy atom. The van der Waals surface area contributed by atoms with E-state index in [4.69, 9.17) is 9.47 Å². The molecule has 1 atom stereocenters. The number of benzene rings is 3. The van der Waals surface area contributed by atoms with Gasteiger partial charge in [0.25, 0.3) is 15.9 Å². The number of hydrogen-bond acceptors (Lipinski definition) is 5. The van der Waals surface area contributed by atoms with Gasteiger partial charge >= 0.3 is 0 Å². The molecule has 0 bridgehead atoms. The number of hydrogen-bond donors (Lipinski definition) is 1. The Morgan fingerprint density at radius 2 is 1.84 bits per heavy atom. The predicted octanol–water partition coefficient (Wildman–Crippen LogP) is 3.74. The lowest BCUT2D eigenvalue weighted by atomic mass is 10.2. The van der Waals surface area contributed by atoms with Crippen molar-refractivity contribution in [2.75, 3.05) is 23.3 Å². The summed E-state index contributed by atoms with van der Waals surface area (Å²) in [5, 5.41) is 2.82. The van der Waals surface area contributed by atoms with E-state index in [9.17, 15) is 13.2 Å². The minimum Gasteiger partial charge on any atom is -0.476 e. The first kappa shape index (κ1) is 21.9. The molecule has 0 saturated heterocycles. The Balaban J connectivity index is 1.63. The van der Waals surface area contributed by atoms with Crippen LogP contribution in [0.15, 0.2) is 77.7 Å². The monoisotopic (exact) mass is 452 g/mol. The molecule has 8 heteroatoms. The molecular weight excluding hydrogens is 428 g/mol. The van der Waals surface area contributed by atoms with E-state index in [-0.39, 0.29) is 11.4 Å². The third kappa shape index (κ3) is 4.46. The van der Waals surface area contributed by atoms with E-state index < -0.39 is 22.0 Å². The number of aryl methyl sites for hydroxylation is 1. The SMILES string of the molecule is COCc1cccc(NC(=O)C2CN(S(=O)(=O)c3ccc(C)cc3)c3ccccc3O2)c1. The van der Waals surface area contributed by atoms with Gasteiger partial charge in [-0.1, -0.05) is 42.0 Å². The van der Waals surface area contributed by atoms with Crippen LogP contribution in [0, 0.1) is 6.92 Å². The lowest BCUT2D eigenvalue weighted by Crippen LogP contribution is -2.48. The summed E-state index contributed by atoms with van der Waals surface area (Å²) in [4.78, 5) is 13.2. The van der Waals surface area contributed by atoms with Gasteiger partial charge in [0.15, 0.2) is 6.10 Å². The largest absolute Gasteiger partial charge is 0.476 e. The molecule has 0 saturated carbocycles. The highest BCUT2D eigenvalue weighted by Crippen LogP contribution is 2.37. The lowest BCUT2D eigenvalue weighted by Gasteiger charge is -2.34. The Hall–Kier alpha value is -3.36. The highest BCUT2D eigenvalue weighted by atomic mass is 32.2. The number of anilines is 2. The van der Waals surface area contributed by atoms with E-state index in [1.807, 2.05) is 19.1 Å². The molecule has 1 amide bonds. The number of methoxy groups -OCH3 is 1. The van der Waals surface area contributed by atoms with Crippen LogP contribution in [-0.4, -0.2) is 34.1 Å². The van der Waals surface area contributed by atoms with Gasteiger partial charge in [0.1, 0.15) is 5.75 Å². The van der Waals surface area contributed by atoms with Gasteiger partial charge in [-0.05, 0) is 48.9 Å². The maximum absolute atomic E-state index is 13.4. The molecule has 7 nitrogen and oxygen atoms in total. The van der Waals surface area contributed by atoms with E-state index in [2.05, 4.69) is 5.32 Å². The van der Waals surface area contributed by atoms with Crippen LogP contribution in [-0.2, 0) is 26.2 Å². The normalized spacial score (nSPS) is 15.6. The Bertz CT molecular complexity index is 1230. The van der Waals surface area contributed by atoms with E-state index in [1.165, 1.54) is 4.31 Å². The number of sulfonamides is 1. The summed E-state index contributed by atoms with van der Waals surface area (Å²) in [6.45, 7) is 2.17. The van der Waals surface area contributed by atoms with Crippen LogP contribution in [0.4, 0.5) is 11.4 Å². The lowest BCUT2D eigenvalue weighted by molar-refractivity contribution is -0.122. The van der Waals surface area contributed by atoms with Gasteiger partial charge in [0.2, 0.25) is 0 Å². The molecule has 3 aromatic rings. The first-order valence-electron chi connectivity index (χ1n) is 10.1. The second kappa shape index (κ2) is 9.02. The molecule has 0 spiro atoms. The highest BCUT2D eigenvalue weighted by Gasteiger charge is 2.37. The zero-order chi connectivity index (χ0) is 22.7. The number of para-hydroxylation sites is 2. The van der Waals surface area contributed by atoms with Gasteiger partial charge in [-0.25, -0.2) is 8.42 Å². The van der Waals surface area contributed by atoms with E-state index in [0.717, 1.165) is 11.1 Å². The third-order valence-corrected chi connectivity index (χ3v) is 6.94. The Labute approximate surface area is 187 Å². The van der Waals surface area contributed by atoms with Crippen LogP contribution in [0.5, 0.6) is 5.75 Å². The molecule has 0 aliphatic carbocycles. The number of carbonyl (C=O) groups excluding carboxylic acids is 1. The topological polar surface area (TPSA) is 84.9 Å². The second-order valence-electron chi connectivity index (χ2n) is 7.55. The van der Waals surface area contributed by atoms with Gasteiger partial charge in [-0.15, -0.1) is 0 Å². The molecular formula is C24H24N2O5S. The molecule has 1 heterocycles. The minimum atomic E-state index is -3.89. The molecule has 0 aromatic heterocycles. The van der Waals surface area contributed by atoms with Crippen molar-refractivity contribution in [3.63, 3.8) is 0 Å². The predicted molar refractivity (Wildman–Crippen MR) is 122 cm³/mol. The molecule has 166 valence electrons. The Morgan fingerprint density at radius 1 is 1.09 bits per heavy atom. The molecule has 1 unspecified atom stereocenters. The quantitative estimate of drug-likeness (QED) is 0.616. The van der Waals surface area contributed by atoms with Gasteiger partial charge in [0, 0.05) is 12.8 Å². The average molecular weight is 453 g/mol. The molecule has 0 radical (unpaired) electrons. The number of amides is 1. The molecule has 4 rings (SSSR count). The van der Waals surface area contributed by atoms with E-state index in [1.54, 1.807) is 67.8 Å². The van der Waals surface area contributed by atoms with Crippen LogP contribution in [0.25, 0.3) is 0 Å². The molecule has 1 aliphatic rings. The standard InChI is InChI=1S/C24H24N2O5S/c1-17-10-12-20(13-11-17)32(28,29)26-15-23(31-22-9-4-3-8-21(22)26)24(27)25-19-7-5-6-18(14-19)16-30-2/h3-14,23H,15-16H2,1-2H3,(H,25,27). The van der Waals surface area contributed by atoms with Gasteiger partial charge < -0.3 is 14.8 Å². The van der Waals surface area contributed by atoms with Gasteiger partial charge in [-0.3, -0.25) is 9.10 Å². The summed E-state index contributed by atoms with van der Waals surface area (Å²) >= 11 is 0. The van der Waals surface area contributed by atoms with Crippen LogP contribution >= 0.6 is 0 Å². The summed E-state index contributed by atoms with van der Waals surface area (Å²) < 4.78 is 39.1. The number of nitrogens with zero attached hydrogens (tertiary/aromatic N) is 1. The fourth-order valence-corrected chi connectivity index (χ4v) is 5.01. The minimum absolute atomic E-state index is 0.142. The van der Waals surface area contributed by atoms with Crippen molar-refractivity contribution in [3.8, 4) is 5.75 Å². The smallest absolute Gasteiger partial charge is 0.267 e. The summed E-state index contributed by atoms with van der Waals surface area (Å²) in [5.41, 5.74) is 2.85. The zero-order valence-electron chi connectivity index (χ0n) is 17.8. The van der Waals surface area contributed by atoms with Crippen LogP contribution in [0.1, 0.15) is 11.1 Å². The summed E-state index contributed by atoms with van der Waals surface area (Å²) in [6.07, 6.45) is -1.02. The van der Waals surface area contributed by atoms with Crippen molar-refractivity contribution >= 4 is 27.3 Å². The molecule has 32 heavy (non-hydrogen) atoms. The van der Waals surface area contributed by atoms with E-state index in [0.29, 0.717) is 23.7 Å². The third-order valence-electron chi connectivity index (χ3n) is 5.14. The maximum atomic E-state index is 13.4. The average Bonchev–Trinajstić information content (AvgIpc) is 2.79. The number of fused-ring (bicyclic) bond motifs is 1. The van der Waals surface area contributed by atoms with Gasteiger partial charge in [-0.2, -0.15) is 0 Å². The highest BCUT2D eigenvalue weighted by molar-refractivity contribution is 7.92. The molecule has 0 fully saturated rings. The fraction of sp³-hybridized carbons (Fsp3) is 0.208. The zero-order valence-corrected chi connectivity index (χ0v) is 18.6. The fourth-order valence-electron chi connectivity index (χ4n) is 3.53. The first-order chi connectivity index (χ1) is 15.4. The number of rotatable bonds is 6. The van der Waals surface area contributed by atoms with Crippen LogP contribution in [0.3, 0.4) is 0 Å². The van der Waals surface area contributed by atoms with Crippen LogP contribution < -0.4 is 14.4 Å². The van der Waals surface area contributed by atoms with Crippen molar-refractivity contribution in [2.24, 2.45) is 0 Å². The van der Waals surface area contributed by atoms with Crippen molar-refractivity contribution in [3.05, 3.63) is 83.9 Å². The number of ether oxygens (including phenoxy) is 2. The van der Waals surface area contributed by atoms with Crippen molar-refractivity contribution in [1.29, 1.82) is 0 Å². The summed E-state index contributed by atoms with van der Waals surface area (Å²) in [7, 11) is -2.29. The second-order valence-corrected chi connectivity index (χ2v) is 9.41. The number of nitrogens with one attached hydrogen (secondary N) is 1. The van der Waals surface area contributed by atoms with Crippen molar-refractivity contribution in [2.45, 2.75) is 24.5 Å². The van der Waals surface area contributed by atoms with Crippen LogP contribution in [0.2, 0.25) is 0 Å². The summed E-state index contributed by atoms with van der Waals surface area (Å²) in [5.74, 6) is -0.0964. The van der Waals surface area contributed by atoms with Gasteiger partial charge in [0.05, 0.1) is 23.7 Å². The number of carbonyl (C=O) groups is 1. The molecule has 1 N–H and O–H groups in total. The van der Waals surface area contributed by atoms with Crippen molar-refractivity contribution in [1.82, 2.24) is 0 Å².